The van der Waals surface area contributed by atoms with Gasteiger partial charge in [-0.2, -0.15) is 0 Å². The zero-order valence-electron chi connectivity index (χ0n) is 32.6. The van der Waals surface area contributed by atoms with Crippen molar-refractivity contribution < 1.29 is 37.6 Å². The SMILES string of the molecule is CCCCC=CCCCCCCCC(=O)OC(COC(=O)CCCCCCCCCCCC=CCC=CCCCCC)COP(=O)(O)OCCN. The van der Waals surface area contributed by atoms with Crippen molar-refractivity contribution in [2.75, 3.05) is 26.4 Å². The lowest BCUT2D eigenvalue weighted by atomic mass is 10.1. The summed E-state index contributed by atoms with van der Waals surface area (Å²) in [5.41, 5.74) is 5.33. The molecule has 9 nitrogen and oxygen atoms in total. The molecule has 0 rings (SSSR count). The molecule has 51 heavy (non-hydrogen) atoms. The molecule has 0 aromatic rings. The van der Waals surface area contributed by atoms with Gasteiger partial charge in [0.25, 0.3) is 0 Å². The van der Waals surface area contributed by atoms with Crippen LogP contribution in [0, 0.1) is 0 Å². The Morgan fingerprint density at radius 3 is 1.57 bits per heavy atom. The van der Waals surface area contributed by atoms with Gasteiger partial charge in [-0.1, -0.05) is 140 Å². The van der Waals surface area contributed by atoms with Crippen molar-refractivity contribution in [2.45, 2.75) is 187 Å². The lowest BCUT2D eigenvalue weighted by Gasteiger charge is -2.19. The Kier molecular flexibility index (Phi) is 36.7. The first-order valence-electron chi connectivity index (χ1n) is 20.5. The number of hydrogen-bond acceptors (Lipinski definition) is 8. The van der Waals surface area contributed by atoms with E-state index in [2.05, 4.69) is 50.3 Å². The van der Waals surface area contributed by atoms with Gasteiger partial charge in [0.2, 0.25) is 0 Å². The zero-order valence-corrected chi connectivity index (χ0v) is 33.5. The lowest BCUT2D eigenvalue weighted by Crippen LogP contribution is -2.29. The van der Waals surface area contributed by atoms with E-state index in [1.165, 1.54) is 83.5 Å². The van der Waals surface area contributed by atoms with Crippen LogP contribution in [0.15, 0.2) is 36.5 Å². The van der Waals surface area contributed by atoms with Gasteiger partial charge in [0.05, 0.1) is 13.2 Å². The van der Waals surface area contributed by atoms with E-state index < -0.39 is 26.5 Å². The highest BCUT2D eigenvalue weighted by Crippen LogP contribution is 2.43. The Morgan fingerprint density at radius 1 is 0.588 bits per heavy atom. The van der Waals surface area contributed by atoms with Crippen LogP contribution in [0.25, 0.3) is 0 Å². The van der Waals surface area contributed by atoms with Gasteiger partial charge in [-0.25, -0.2) is 4.57 Å². The van der Waals surface area contributed by atoms with Crippen LogP contribution in [0.1, 0.15) is 181 Å². The minimum atomic E-state index is -4.37. The maximum Gasteiger partial charge on any atom is 0.472 e. The molecule has 0 aliphatic rings. The summed E-state index contributed by atoms with van der Waals surface area (Å²) >= 11 is 0. The average Bonchev–Trinajstić information content (AvgIpc) is 3.11. The summed E-state index contributed by atoms with van der Waals surface area (Å²) in [7, 11) is -4.37. The Hall–Kier alpha value is -1.77. The van der Waals surface area contributed by atoms with Gasteiger partial charge in [0.15, 0.2) is 6.10 Å². The Bertz CT molecular complexity index is 939. The summed E-state index contributed by atoms with van der Waals surface area (Å²) in [6, 6.07) is 0. The lowest BCUT2D eigenvalue weighted by molar-refractivity contribution is -0.161. The normalized spacial score (nSPS) is 13.7. The Morgan fingerprint density at radius 2 is 1.04 bits per heavy atom. The second-order valence-corrected chi connectivity index (χ2v) is 14.9. The van der Waals surface area contributed by atoms with Crippen molar-refractivity contribution in [3.05, 3.63) is 36.5 Å². The molecular formula is C41H76NO8P. The van der Waals surface area contributed by atoms with Crippen LogP contribution < -0.4 is 5.73 Å². The number of rotatable bonds is 38. The minimum absolute atomic E-state index is 0.0511. The quantitative estimate of drug-likeness (QED) is 0.0274. The molecular weight excluding hydrogens is 665 g/mol. The molecule has 0 aromatic heterocycles. The summed E-state index contributed by atoms with van der Waals surface area (Å²) in [5, 5.41) is 0. The predicted octanol–water partition coefficient (Wildman–Crippen LogP) is 11.4. The summed E-state index contributed by atoms with van der Waals surface area (Å²) in [4.78, 5) is 34.7. The number of carbonyl (C=O) groups is 2. The van der Waals surface area contributed by atoms with Crippen LogP contribution in [-0.4, -0.2) is 49.3 Å². The van der Waals surface area contributed by atoms with Crippen molar-refractivity contribution >= 4 is 19.8 Å². The first-order chi connectivity index (χ1) is 24.8. The van der Waals surface area contributed by atoms with Crippen LogP contribution in [0.5, 0.6) is 0 Å². The van der Waals surface area contributed by atoms with Crippen LogP contribution in [-0.2, 0) is 32.7 Å². The fourth-order valence-electron chi connectivity index (χ4n) is 5.41. The van der Waals surface area contributed by atoms with Crippen LogP contribution in [0.4, 0.5) is 0 Å². The second kappa shape index (κ2) is 38.0. The smallest absolute Gasteiger partial charge is 0.462 e. The van der Waals surface area contributed by atoms with Crippen LogP contribution >= 0.6 is 7.82 Å². The standard InChI is InChI=1S/C41H76NO8P/c1-3-5-7-9-11-13-15-16-17-18-19-20-21-22-24-25-27-29-31-33-40(43)47-37-39(38-49-51(45,46)48-36-35-42)50-41(44)34-32-30-28-26-23-14-12-10-8-6-4-2/h10-13,16-17,39H,3-9,14-15,18-38,42H2,1-2H3,(H,45,46). The van der Waals surface area contributed by atoms with Crippen molar-refractivity contribution in [3.8, 4) is 0 Å². The molecule has 0 bridgehead atoms. The minimum Gasteiger partial charge on any atom is -0.462 e. The molecule has 2 unspecified atom stereocenters. The third-order valence-corrected chi connectivity index (χ3v) is 9.48. The van der Waals surface area contributed by atoms with Crippen LogP contribution in [0.2, 0.25) is 0 Å². The summed E-state index contributed by atoms with van der Waals surface area (Å²) in [6.45, 7) is 3.65. The predicted molar refractivity (Wildman–Crippen MR) is 210 cm³/mol. The molecule has 0 heterocycles. The van der Waals surface area contributed by atoms with E-state index in [1.807, 2.05) is 0 Å². The van der Waals surface area contributed by atoms with E-state index in [9.17, 15) is 19.0 Å². The van der Waals surface area contributed by atoms with E-state index in [1.54, 1.807) is 0 Å². The molecule has 3 N–H and O–H groups in total. The van der Waals surface area contributed by atoms with Crippen molar-refractivity contribution in [1.82, 2.24) is 0 Å². The number of ether oxygens (including phenoxy) is 2. The maximum atomic E-state index is 12.5. The number of nitrogens with two attached hydrogens (primary N) is 1. The van der Waals surface area contributed by atoms with Gasteiger partial charge in [0, 0.05) is 19.4 Å². The summed E-state index contributed by atoms with van der Waals surface area (Å²) in [6.07, 6.45) is 40.3. The fourth-order valence-corrected chi connectivity index (χ4v) is 6.17. The topological polar surface area (TPSA) is 134 Å². The van der Waals surface area contributed by atoms with E-state index in [0.717, 1.165) is 64.2 Å². The van der Waals surface area contributed by atoms with Gasteiger partial charge in [-0.3, -0.25) is 18.6 Å². The number of phosphoric ester groups is 1. The van der Waals surface area contributed by atoms with E-state index in [0.29, 0.717) is 6.42 Å². The van der Waals surface area contributed by atoms with Gasteiger partial charge in [-0.05, 0) is 64.2 Å². The number of esters is 2. The highest BCUT2D eigenvalue weighted by Gasteiger charge is 2.26. The van der Waals surface area contributed by atoms with Gasteiger partial charge in [0.1, 0.15) is 6.61 Å². The third kappa shape index (κ3) is 37.8. The maximum absolute atomic E-state index is 12.5. The highest BCUT2D eigenvalue weighted by molar-refractivity contribution is 7.47. The first kappa shape index (κ1) is 49.2. The highest BCUT2D eigenvalue weighted by atomic mass is 31.2. The summed E-state index contributed by atoms with van der Waals surface area (Å²) in [5.74, 6) is -0.845. The number of hydrogen-bond donors (Lipinski definition) is 2. The van der Waals surface area contributed by atoms with Crippen LogP contribution in [0.3, 0.4) is 0 Å². The third-order valence-electron chi connectivity index (χ3n) is 8.50. The molecule has 0 saturated carbocycles. The monoisotopic (exact) mass is 742 g/mol. The molecule has 0 radical (unpaired) electrons. The Balaban J connectivity index is 4.13. The second-order valence-electron chi connectivity index (χ2n) is 13.5. The van der Waals surface area contributed by atoms with Crippen molar-refractivity contribution in [3.63, 3.8) is 0 Å². The largest absolute Gasteiger partial charge is 0.472 e. The molecule has 0 fully saturated rings. The van der Waals surface area contributed by atoms with Gasteiger partial charge in [-0.15, -0.1) is 0 Å². The van der Waals surface area contributed by atoms with E-state index >= 15 is 0 Å². The van der Waals surface area contributed by atoms with E-state index in [-0.39, 0.29) is 38.6 Å². The van der Waals surface area contributed by atoms with Gasteiger partial charge >= 0.3 is 19.8 Å². The number of carbonyl (C=O) groups excluding carboxylic acids is 2. The summed E-state index contributed by atoms with van der Waals surface area (Å²) < 4.78 is 32.7. The van der Waals surface area contributed by atoms with Crippen molar-refractivity contribution in [1.29, 1.82) is 0 Å². The van der Waals surface area contributed by atoms with E-state index in [4.69, 9.17) is 24.3 Å². The molecule has 0 aromatic carbocycles. The molecule has 0 aliphatic carbocycles. The molecule has 0 spiro atoms. The van der Waals surface area contributed by atoms with Crippen molar-refractivity contribution in [2.24, 2.45) is 5.73 Å². The number of unbranched alkanes of at least 4 members (excludes halogenated alkanes) is 19. The molecule has 2 atom stereocenters. The molecule has 0 aliphatic heterocycles. The Labute approximate surface area is 312 Å². The molecule has 10 heteroatoms. The number of allylic oxidation sites excluding steroid dienone is 6. The zero-order chi connectivity index (χ0) is 37.5. The molecule has 0 saturated heterocycles. The van der Waals surface area contributed by atoms with Gasteiger partial charge < -0.3 is 20.1 Å². The number of phosphoric acid groups is 1. The first-order valence-corrected chi connectivity index (χ1v) is 22.0. The molecule has 0 amide bonds. The molecule has 298 valence electrons. The fraction of sp³-hybridized carbons (Fsp3) is 0.805. The average molecular weight is 742 g/mol.